The molecule has 2 aromatic rings. The zero-order valence-corrected chi connectivity index (χ0v) is 20.8. The van der Waals surface area contributed by atoms with E-state index in [1.54, 1.807) is 24.3 Å². The lowest BCUT2D eigenvalue weighted by atomic mass is 10.1. The van der Waals surface area contributed by atoms with Crippen LogP contribution in [0.3, 0.4) is 0 Å². The van der Waals surface area contributed by atoms with Gasteiger partial charge in [0.15, 0.2) is 6.10 Å². The first-order valence-electron chi connectivity index (χ1n) is 10.2. The zero-order valence-electron chi connectivity index (χ0n) is 19.3. The molecule has 2 atom stereocenters. The minimum Gasteiger partial charge on any atom is -0.468 e. The van der Waals surface area contributed by atoms with E-state index >= 15 is 0 Å². The molecule has 0 fully saturated rings. The lowest BCUT2D eigenvalue weighted by molar-refractivity contribution is -0.621. The molecule has 200 valence electrons. The number of esters is 1. The van der Waals surface area contributed by atoms with E-state index in [9.17, 15) is 32.9 Å². The van der Waals surface area contributed by atoms with E-state index in [4.69, 9.17) is 25.9 Å². The molecule has 37 heavy (non-hydrogen) atoms. The van der Waals surface area contributed by atoms with Crippen LogP contribution in [0, 0.1) is 10.1 Å². The first kappa shape index (κ1) is 29.9. The Morgan fingerprint density at radius 1 is 1.22 bits per heavy atom. The normalized spacial score (nSPS) is 13.1. The van der Waals surface area contributed by atoms with Crippen LogP contribution in [0.2, 0.25) is 5.02 Å². The van der Waals surface area contributed by atoms with Crippen LogP contribution in [-0.4, -0.2) is 47.6 Å². The molecule has 0 aliphatic heterocycles. The number of nitrogens with zero attached hydrogens (tertiary/aromatic N) is 2. The van der Waals surface area contributed by atoms with Gasteiger partial charge in [0.25, 0.3) is 0 Å². The van der Waals surface area contributed by atoms with Crippen molar-refractivity contribution < 1.29 is 46.7 Å². The number of carbonyl (C=O) groups excluding carboxylic acids is 2. The summed E-state index contributed by atoms with van der Waals surface area (Å²) in [7, 11) is 1.21. The van der Waals surface area contributed by atoms with E-state index in [-0.39, 0.29) is 18.1 Å². The highest BCUT2D eigenvalue weighted by molar-refractivity contribution is 8.14. The molecule has 0 N–H and O–H groups in total. The standard InChI is InChI=1S/C22H20ClF3N2O8S/c1-13(20(30)37-12-19(29)33-2)36-27-10-14-3-5-15(6-4-14)11-34-21(28(31)32)35-18-8-7-16(9-17(18)23)22(24,25)26/h3-10,13,21H,11-12H2,1-2H3/b27-10+. The van der Waals surface area contributed by atoms with E-state index < -0.39 is 45.3 Å². The number of nitro groups is 1. The van der Waals surface area contributed by atoms with Gasteiger partial charge in [0.05, 0.1) is 41.2 Å². The van der Waals surface area contributed by atoms with Crippen molar-refractivity contribution in [1.29, 1.82) is 0 Å². The monoisotopic (exact) mass is 564 g/mol. The van der Waals surface area contributed by atoms with Crippen LogP contribution in [0.4, 0.5) is 13.2 Å². The minimum absolute atomic E-state index is 0.143. The first-order valence-corrected chi connectivity index (χ1v) is 11.6. The molecule has 0 aliphatic rings. The third-order valence-electron chi connectivity index (χ3n) is 4.34. The molecule has 10 nitrogen and oxygen atoms in total. The third kappa shape index (κ3) is 9.90. The van der Waals surface area contributed by atoms with Crippen LogP contribution in [0.25, 0.3) is 0 Å². The van der Waals surface area contributed by atoms with Gasteiger partial charge in [0.1, 0.15) is 5.75 Å². The van der Waals surface area contributed by atoms with E-state index in [1.807, 2.05) is 0 Å². The Hall–Kier alpha value is -3.36. The molecular formula is C22H20ClF3N2O8S. The summed E-state index contributed by atoms with van der Waals surface area (Å²) in [5.41, 5.74) is 0.0509. The second kappa shape index (κ2) is 13.8. The number of ether oxygens (including phenoxy) is 3. The molecule has 0 aromatic heterocycles. The van der Waals surface area contributed by atoms with E-state index in [1.165, 1.54) is 20.2 Å². The van der Waals surface area contributed by atoms with Gasteiger partial charge in [-0.25, -0.2) is 0 Å². The van der Waals surface area contributed by atoms with Crippen molar-refractivity contribution >= 4 is 40.7 Å². The van der Waals surface area contributed by atoms with Gasteiger partial charge in [-0.15, -0.1) is 0 Å². The lowest BCUT2D eigenvalue weighted by Gasteiger charge is -2.14. The number of hydrogen-bond donors (Lipinski definition) is 0. The number of thioether (sulfide) groups is 1. The second-order valence-corrected chi connectivity index (χ2v) is 8.46. The average molecular weight is 565 g/mol. The van der Waals surface area contributed by atoms with Crippen molar-refractivity contribution in [1.82, 2.24) is 0 Å². The molecule has 15 heteroatoms. The van der Waals surface area contributed by atoms with Crippen molar-refractivity contribution in [2.75, 3.05) is 12.9 Å². The summed E-state index contributed by atoms with van der Waals surface area (Å²) in [6.07, 6.45) is -6.24. The Labute approximate surface area is 217 Å². The Balaban J connectivity index is 1.89. The Morgan fingerprint density at radius 3 is 2.46 bits per heavy atom. The summed E-state index contributed by atoms with van der Waals surface area (Å²) < 4.78 is 52.9. The van der Waals surface area contributed by atoms with Crippen LogP contribution >= 0.6 is 23.4 Å². The number of alkyl halides is 3. The Bertz CT molecular complexity index is 1130. The SMILES string of the molecule is COC(=O)CSC(=O)C(C)O/N=C/c1ccc(COC(Oc2ccc(C(F)(F)F)cc2Cl)[N+](=O)[O-])cc1. The van der Waals surface area contributed by atoms with E-state index in [0.29, 0.717) is 23.3 Å². The van der Waals surface area contributed by atoms with Crippen molar-refractivity contribution in [3.63, 3.8) is 0 Å². The predicted molar refractivity (Wildman–Crippen MR) is 127 cm³/mol. The number of oxime groups is 1. The zero-order chi connectivity index (χ0) is 27.6. The van der Waals surface area contributed by atoms with Crippen LogP contribution in [-0.2, 0) is 36.7 Å². The summed E-state index contributed by atoms with van der Waals surface area (Å²) in [4.78, 5) is 38.3. The van der Waals surface area contributed by atoms with Gasteiger partial charge in [-0.05, 0) is 36.2 Å². The highest BCUT2D eigenvalue weighted by Crippen LogP contribution is 2.35. The topological polar surface area (TPSA) is 127 Å². The summed E-state index contributed by atoms with van der Waals surface area (Å²) in [5, 5.41) is 14.1. The molecule has 0 spiro atoms. The number of carbonyl (C=O) groups is 2. The van der Waals surface area contributed by atoms with Gasteiger partial charge in [-0.1, -0.05) is 52.8 Å². The number of halogens is 4. The van der Waals surface area contributed by atoms with Gasteiger partial charge in [-0.3, -0.25) is 24.4 Å². The maximum absolute atomic E-state index is 12.8. The molecule has 0 bridgehead atoms. The second-order valence-electron chi connectivity index (χ2n) is 7.07. The fourth-order valence-electron chi connectivity index (χ4n) is 2.42. The molecule has 0 radical (unpaired) electrons. The van der Waals surface area contributed by atoms with Crippen molar-refractivity contribution in [2.45, 2.75) is 32.2 Å². The average Bonchev–Trinajstić information content (AvgIpc) is 2.85. The largest absolute Gasteiger partial charge is 0.475 e. The molecule has 2 rings (SSSR count). The summed E-state index contributed by atoms with van der Waals surface area (Å²) >= 11 is 6.51. The van der Waals surface area contributed by atoms with Crippen molar-refractivity contribution in [2.24, 2.45) is 5.16 Å². The van der Waals surface area contributed by atoms with Crippen LogP contribution < -0.4 is 4.74 Å². The lowest BCUT2D eigenvalue weighted by Crippen LogP contribution is -2.29. The molecule has 0 saturated heterocycles. The van der Waals surface area contributed by atoms with Gasteiger partial charge in [0.2, 0.25) is 5.12 Å². The molecule has 0 aliphatic carbocycles. The maximum Gasteiger partial charge on any atom is 0.475 e. The van der Waals surface area contributed by atoms with Crippen LogP contribution in [0.15, 0.2) is 47.6 Å². The van der Waals surface area contributed by atoms with Gasteiger partial charge >= 0.3 is 18.6 Å². The van der Waals surface area contributed by atoms with Crippen LogP contribution in [0.5, 0.6) is 5.75 Å². The Kier molecular flexibility index (Phi) is 11.1. The van der Waals surface area contributed by atoms with Crippen molar-refractivity contribution in [3.8, 4) is 5.75 Å². The number of hydrogen-bond acceptors (Lipinski definition) is 10. The smallest absolute Gasteiger partial charge is 0.468 e. The summed E-state index contributed by atoms with van der Waals surface area (Å²) in [5.74, 6) is -1.03. The van der Waals surface area contributed by atoms with Crippen molar-refractivity contribution in [3.05, 3.63) is 74.3 Å². The van der Waals surface area contributed by atoms with Gasteiger partial charge < -0.3 is 14.3 Å². The number of benzene rings is 2. The number of rotatable bonds is 12. The van der Waals surface area contributed by atoms with Gasteiger partial charge in [0, 0.05) is 0 Å². The molecule has 0 heterocycles. The maximum atomic E-state index is 12.8. The molecule has 2 unspecified atom stereocenters. The highest BCUT2D eigenvalue weighted by Gasteiger charge is 2.32. The molecule has 0 amide bonds. The first-order chi connectivity index (χ1) is 17.4. The quantitative estimate of drug-likeness (QED) is 0.119. The summed E-state index contributed by atoms with van der Waals surface area (Å²) in [6.45, 7) is 1.21. The fourth-order valence-corrected chi connectivity index (χ4v) is 3.30. The summed E-state index contributed by atoms with van der Waals surface area (Å²) in [6, 6.07) is 8.48. The fraction of sp³-hybridized carbons (Fsp3) is 0.318. The van der Waals surface area contributed by atoms with Crippen LogP contribution in [0.1, 0.15) is 23.6 Å². The van der Waals surface area contributed by atoms with E-state index in [2.05, 4.69) is 9.89 Å². The molecular weight excluding hydrogens is 545 g/mol. The predicted octanol–water partition coefficient (Wildman–Crippen LogP) is 4.69. The minimum atomic E-state index is -4.63. The van der Waals surface area contributed by atoms with E-state index in [0.717, 1.165) is 17.8 Å². The third-order valence-corrected chi connectivity index (χ3v) is 5.64. The molecule has 0 saturated carbocycles. The molecule has 2 aromatic carbocycles. The Morgan fingerprint density at radius 2 is 1.89 bits per heavy atom. The number of methoxy groups -OCH3 is 1. The van der Waals surface area contributed by atoms with Gasteiger partial charge in [-0.2, -0.15) is 13.2 Å². The highest BCUT2D eigenvalue weighted by atomic mass is 35.5.